The van der Waals surface area contributed by atoms with Crippen LogP contribution < -0.4 is 14.4 Å². The van der Waals surface area contributed by atoms with Gasteiger partial charge in [0.15, 0.2) is 0 Å². The second-order valence-corrected chi connectivity index (χ2v) is 8.58. The topological polar surface area (TPSA) is 102 Å². The second-order valence-electron chi connectivity index (χ2n) is 6.54. The molecule has 1 atom stereocenters. The number of nitrogens with zero attached hydrogens (tertiary/aromatic N) is 2. The molecule has 1 aliphatic heterocycles. The summed E-state index contributed by atoms with van der Waals surface area (Å²) in [6.07, 6.45) is -1.00. The average Bonchev–Trinajstić information content (AvgIpc) is 2.77. The number of sulfonamides is 1. The van der Waals surface area contributed by atoms with Gasteiger partial charge >= 0.3 is 5.97 Å². The van der Waals surface area contributed by atoms with E-state index in [1.807, 2.05) is 0 Å². The number of ether oxygens (including phenoxy) is 3. The van der Waals surface area contributed by atoms with Crippen LogP contribution in [-0.2, 0) is 24.3 Å². The van der Waals surface area contributed by atoms with Crippen molar-refractivity contribution in [1.82, 2.24) is 4.31 Å². The van der Waals surface area contributed by atoms with Gasteiger partial charge < -0.3 is 19.1 Å². The SMILES string of the molecule is COC(=O)C1CN(C(=O)CN(C)S(=O)(=O)c2ccc(OC)cc2)c2ccccc2O1. The minimum Gasteiger partial charge on any atom is -0.497 e. The number of benzene rings is 2. The number of para-hydroxylation sites is 2. The van der Waals surface area contributed by atoms with Gasteiger partial charge in [0.2, 0.25) is 22.0 Å². The highest BCUT2D eigenvalue weighted by atomic mass is 32.2. The quantitative estimate of drug-likeness (QED) is 0.631. The molecule has 0 spiro atoms. The minimum absolute atomic E-state index is 0.0356. The maximum atomic E-state index is 13.0. The first-order valence-electron chi connectivity index (χ1n) is 9.02. The molecule has 0 radical (unpaired) electrons. The van der Waals surface area contributed by atoms with Crippen molar-refractivity contribution >= 4 is 27.6 Å². The van der Waals surface area contributed by atoms with E-state index in [2.05, 4.69) is 0 Å². The first kappa shape index (κ1) is 21.6. The van der Waals surface area contributed by atoms with Crippen LogP contribution in [0.4, 0.5) is 5.69 Å². The van der Waals surface area contributed by atoms with Crippen LogP contribution in [0, 0.1) is 0 Å². The first-order chi connectivity index (χ1) is 14.3. The number of anilines is 1. The zero-order chi connectivity index (χ0) is 21.9. The molecule has 1 amide bonds. The number of rotatable bonds is 6. The van der Waals surface area contributed by atoms with Crippen molar-refractivity contribution in [1.29, 1.82) is 0 Å². The van der Waals surface area contributed by atoms with Crippen LogP contribution in [0.3, 0.4) is 0 Å². The molecule has 0 aromatic heterocycles. The highest BCUT2D eigenvalue weighted by Crippen LogP contribution is 2.33. The fourth-order valence-electron chi connectivity index (χ4n) is 3.01. The third-order valence-electron chi connectivity index (χ3n) is 4.66. The molecule has 0 N–H and O–H groups in total. The summed E-state index contributed by atoms with van der Waals surface area (Å²) in [5.41, 5.74) is 0.456. The van der Waals surface area contributed by atoms with Crippen molar-refractivity contribution in [2.75, 3.05) is 39.3 Å². The molecule has 0 saturated heterocycles. The van der Waals surface area contributed by atoms with Gasteiger partial charge in [0.1, 0.15) is 11.5 Å². The maximum absolute atomic E-state index is 13.0. The zero-order valence-electron chi connectivity index (χ0n) is 16.8. The Labute approximate surface area is 174 Å². The fraction of sp³-hybridized carbons (Fsp3) is 0.300. The summed E-state index contributed by atoms with van der Waals surface area (Å²) >= 11 is 0. The average molecular weight is 434 g/mol. The molecule has 1 aliphatic rings. The molecule has 0 fully saturated rings. The molecule has 0 aliphatic carbocycles. The molecule has 1 heterocycles. The number of hydrogen-bond acceptors (Lipinski definition) is 7. The monoisotopic (exact) mass is 434 g/mol. The molecule has 9 nitrogen and oxygen atoms in total. The minimum atomic E-state index is -3.90. The van der Waals surface area contributed by atoms with E-state index in [0.717, 1.165) is 4.31 Å². The van der Waals surface area contributed by atoms with Gasteiger partial charge in [-0.3, -0.25) is 4.79 Å². The number of amides is 1. The van der Waals surface area contributed by atoms with Crippen LogP contribution in [-0.4, -0.2) is 65.1 Å². The van der Waals surface area contributed by atoms with Crippen LogP contribution in [0.5, 0.6) is 11.5 Å². The van der Waals surface area contributed by atoms with Gasteiger partial charge in [-0.15, -0.1) is 0 Å². The van der Waals surface area contributed by atoms with E-state index in [-0.39, 0.29) is 11.4 Å². The molecular formula is C20H22N2O7S. The lowest BCUT2D eigenvalue weighted by Crippen LogP contribution is -2.50. The first-order valence-corrected chi connectivity index (χ1v) is 10.5. The summed E-state index contributed by atoms with van der Waals surface area (Å²) in [5.74, 6) is -0.264. The van der Waals surface area contributed by atoms with Crippen molar-refractivity contribution in [3.05, 3.63) is 48.5 Å². The summed E-state index contributed by atoms with van der Waals surface area (Å²) < 4.78 is 42.0. The molecule has 2 aromatic carbocycles. The summed E-state index contributed by atoms with van der Waals surface area (Å²) in [5, 5.41) is 0. The Morgan fingerprint density at radius 1 is 1.13 bits per heavy atom. The van der Waals surface area contributed by atoms with Crippen LogP contribution in [0.2, 0.25) is 0 Å². The molecule has 1 unspecified atom stereocenters. The molecule has 3 rings (SSSR count). The summed E-state index contributed by atoms with van der Waals surface area (Å²) in [7, 11) is 0.131. The second kappa shape index (κ2) is 8.72. The summed E-state index contributed by atoms with van der Waals surface area (Å²) in [6, 6.07) is 12.6. The fourth-order valence-corrected chi connectivity index (χ4v) is 4.13. The van der Waals surface area contributed by atoms with Crippen molar-refractivity contribution in [2.45, 2.75) is 11.0 Å². The predicted molar refractivity (Wildman–Crippen MR) is 108 cm³/mol. The van der Waals surface area contributed by atoms with E-state index in [9.17, 15) is 18.0 Å². The van der Waals surface area contributed by atoms with Crippen molar-refractivity contribution in [3.63, 3.8) is 0 Å². The van der Waals surface area contributed by atoms with Crippen LogP contribution in [0.1, 0.15) is 0 Å². The normalized spacial score (nSPS) is 15.9. The van der Waals surface area contributed by atoms with Gasteiger partial charge in [0.25, 0.3) is 0 Å². The molecular weight excluding hydrogens is 412 g/mol. The number of carbonyl (C=O) groups excluding carboxylic acids is 2. The van der Waals surface area contributed by atoms with Gasteiger partial charge in [0.05, 0.1) is 37.9 Å². The molecule has 0 bridgehead atoms. The lowest BCUT2D eigenvalue weighted by molar-refractivity contribution is -0.148. The Morgan fingerprint density at radius 3 is 2.43 bits per heavy atom. The molecule has 160 valence electrons. The van der Waals surface area contributed by atoms with Gasteiger partial charge in [0, 0.05) is 7.05 Å². The van der Waals surface area contributed by atoms with Crippen LogP contribution >= 0.6 is 0 Å². The number of methoxy groups -OCH3 is 2. The third-order valence-corrected chi connectivity index (χ3v) is 6.48. The Balaban J connectivity index is 1.82. The van der Waals surface area contributed by atoms with E-state index in [4.69, 9.17) is 14.2 Å². The standard InChI is InChI=1S/C20H22N2O7S/c1-21(30(25,26)15-10-8-14(27-2)9-11-15)13-19(23)22-12-18(20(24)28-3)29-17-7-5-4-6-16(17)22/h4-11,18H,12-13H2,1-3H3. The van der Waals surface area contributed by atoms with E-state index in [0.29, 0.717) is 17.2 Å². The smallest absolute Gasteiger partial charge is 0.348 e. The lowest BCUT2D eigenvalue weighted by atomic mass is 10.2. The van der Waals surface area contributed by atoms with E-state index >= 15 is 0 Å². The largest absolute Gasteiger partial charge is 0.497 e. The number of likely N-dealkylation sites (N-methyl/N-ethyl adjacent to an activating group) is 1. The highest BCUT2D eigenvalue weighted by Gasteiger charge is 2.35. The van der Waals surface area contributed by atoms with Crippen LogP contribution in [0.15, 0.2) is 53.4 Å². The van der Waals surface area contributed by atoms with Crippen molar-refractivity contribution in [3.8, 4) is 11.5 Å². The Morgan fingerprint density at radius 2 is 1.80 bits per heavy atom. The van der Waals surface area contributed by atoms with Gasteiger partial charge in [-0.05, 0) is 36.4 Å². The van der Waals surface area contributed by atoms with E-state index < -0.39 is 34.5 Å². The zero-order valence-corrected chi connectivity index (χ0v) is 17.6. The molecule has 30 heavy (non-hydrogen) atoms. The van der Waals surface area contributed by atoms with E-state index in [1.54, 1.807) is 24.3 Å². The Kier molecular flexibility index (Phi) is 6.28. The van der Waals surface area contributed by atoms with Crippen molar-refractivity contribution < 1.29 is 32.2 Å². The summed E-state index contributed by atoms with van der Waals surface area (Å²) in [6.45, 7) is -0.504. The van der Waals surface area contributed by atoms with Gasteiger partial charge in [-0.25, -0.2) is 13.2 Å². The highest BCUT2D eigenvalue weighted by molar-refractivity contribution is 7.89. The molecule has 0 saturated carbocycles. The number of carbonyl (C=O) groups is 2. The molecule has 2 aromatic rings. The van der Waals surface area contributed by atoms with Crippen molar-refractivity contribution in [2.24, 2.45) is 0 Å². The maximum Gasteiger partial charge on any atom is 0.348 e. The van der Waals surface area contributed by atoms with Gasteiger partial charge in [-0.2, -0.15) is 4.31 Å². The predicted octanol–water partition coefficient (Wildman–Crippen LogP) is 1.28. The number of esters is 1. The number of hydrogen-bond donors (Lipinski definition) is 0. The number of fused-ring (bicyclic) bond motifs is 1. The Bertz CT molecular complexity index is 1040. The lowest BCUT2D eigenvalue weighted by Gasteiger charge is -2.34. The van der Waals surface area contributed by atoms with Crippen LogP contribution in [0.25, 0.3) is 0 Å². The van der Waals surface area contributed by atoms with E-state index in [1.165, 1.54) is 50.4 Å². The van der Waals surface area contributed by atoms with Gasteiger partial charge in [-0.1, -0.05) is 12.1 Å². The third kappa shape index (κ3) is 4.24. The summed E-state index contributed by atoms with van der Waals surface area (Å²) in [4.78, 5) is 26.3. The Hall–Kier alpha value is -3.11. The molecule has 10 heteroatoms.